The van der Waals surface area contributed by atoms with Gasteiger partial charge in [0, 0.05) is 24.5 Å². The molecule has 3 rings (SSSR count). The van der Waals surface area contributed by atoms with Crippen molar-refractivity contribution < 1.29 is 0 Å². The summed E-state index contributed by atoms with van der Waals surface area (Å²) < 4.78 is 4.28. The molecular weight excluding hydrogens is 262 g/mol. The van der Waals surface area contributed by atoms with Crippen molar-refractivity contribution in [3.63, 3.8) is 0 Å². The molecule has 0 aliphatic carbocycles. The first kappa shape index (κ1) is 13.7. The maximum absolute atomic E-state index is 5.88. The molecule has 0 bridgehead atoms. The van der Waals surface area contributed by atoms with Gasteiger partial charge in [0.1, 0.15) is 5.82 Å². The van der Waals surface area contributed by atoms with Crippen LogP contribution in [0.4, 0.5) is 5.69 Å². The lowest BCUT2D eigenvalue weighted by Gasteiger charge is -2.17. The van der Waals surface area contributed by atoms with Crippen LogP contribution in [0.3, 0.4) is 0 Å². The average Bonchev–Trinajstić information content (AvgIpc) is 3.05. The van der Waals surface area contributed by atoms with Gasteiger partial charge >= 0.3 is 0 Å². The fraction of sp³-hybridized carbons (Fsp3) is 0.375. The molecule has 0 aliphatic rings. The van der Waals surface area contributed by atoms with Crippen molar-refractivity contribution in [3.8, 4) is 0 Å². The number of nitrogens with zero attached hydrogens (tertiary/aromatic N) is 4. The maximum atomic E-state index is 5.88. The number of imidazole rings is 1. The number of nitrogen functional groups attached to an aromatic ring is 1. The number of nitrogens with two attached hydrogens (primary N) is 1. The van der Waals surface area contributed by atoms with Gasteiger partial charge in [0.05, 0.1) is 23.6 Å². The molecule has 0 amide bonds. The molecule has 1 atom stereocenters. The van der Waals surface area contributed by atoms with Gasteiger partial charge in [-0.1, -0.05) is 6.92 Å². The van der Waals surface area contributed by atoms with Gasteiger partial charge in [-0.3, -0.25) is 4.68 Å². The lowest BCUT2D eigenvalue weighted by molar-refractivity contribution is 0.433. The Kier molecular flexibility index (Phi) is 3.64. The fourth-order valence-corrected chi connectivity index (χ4v) is 2.82. The molecule has 0 saturated heterocycles. The predicted molar refractivity (Wildman–Crippen MR) is 85.1 cm³/mol. The monoisotopic (exact) mass is 283 g/mol. The van der Waals surface area contributed by atoms with Gasteiger partial charge in [0.15, 0.2) is 0 Å². The Bertz CT molecular complexity index is 727. The second-order valence-corrected chi connectivity index (χ2v) is 5.47. The molecule has 1 aromatic carbocycles. The minimum absolute atomic E-state index is 0.292. The summed E-state index contributed by atoms with van der Waals surface area (Å²) in [5, 5.41) is 4.30. The third kappa shape index (κ3) is 2.63. The van der Waals surface area contributed by atoms with Crippen molar-refractivity contribution in [1.82, 2.24) is 19.3 Å². The SMILES string of the molecule is CCCc1nc2cc(N)ccc2n1C(C)Cn1cccn1. The highest BCUT2D eigenvalue weighted by atomic mass is 15.3. The minimum Gasteiger partial charge on any atom is -0.399 e. The number of hydrogen-bond donors (Lipinski definition) is 1. The fourth-order valence-electron chi connectivity index (χ4n) is 2.82. The van der Waals surface area contributed by atoms with Crippen LogP contribution in [0.2, 0.25) is 0 Å². The topological polar surface area (TPSA) is 61.7 Å². The summed E-state index contributed by atoms with van der Waals surface area (Å²) in [6.07, 6.45) is 5.85. The maximum Gasteiger partial charge on any atom is 0.110 e. The third-order valence-electron chi connectivity index (χ3n) is 3.71. The highest BCUT2D eigenvalue weighted by Gasteiger charge is 2.16. The second-order valence-electron chi connectivity index (χ2n) is 5.47. The van der Waals surface area contributed by atoms with Crippen LogP contribution in [-0.2, 0) is 13.0 Å². The van der Waals surface area contributed by atoms with Gasteiger partial charge in [-0.15, -0.1) is 0 Å². The number of benzene rings is 1. The van der Waals surface area contributed by atoms with Crippen molar-refractivity contribution in [2.75, 3.05) is 5.73 Å². The van der Waals surface area contributed by atoms with E-state index in [4.69, 9.17) is 10.7 Å². The lowest BCUT2D eigenvalue weighted by Crippen LogP contribution is -2.16. The van der Waals surface area contributed by atoms with Crippen LogP contribution >= 0.6 is 0 Å². The zero-order chi connectivity index (χ0) is 14.8. The van der Waals surface area contributed by atoms with E-state index >= 15 is 0 Å². The molecule has 2 aromatic heterocycles. The number of aryl methyl sites for hydroxylation is 1. The van der Waals surface area contributed by atoms with Crippen LogP contribution in [0.15, 0.2) is 36.7 Å². The Balaban J connectivity index is 2.03. The van der Waals surface area contributed by atoms with E-state index in [1.165, 1.54) is 0 Å². The Labute approximate surface area is 124 Å². The first-order valence-corrected chi connectivity index (χ1v) is 7.42. The van der Waals surface area contributed by atoms with Crippen molar-refractivity contribution in [3.05, 3.63) is 42.5 Å². The summed E-state index contributed by atoms with van der Waals surface area (Å²) in [4.78, 5) is 4.77. The van der Waals surface area contributed by atoms with Crippen molar-refractivity contribution in [2.24, 2.45) is 0 Å². The number of rotatable bonds is 5. The van der Waals surface area contributed by atoms with E-state index in [-0.39, 0.29) is 0 Å². The summed E-state index contributed by atoms with van der Waals surface area (Å²) in [7, 11) is 0. The molecule has 0 aliphatic heterocycles. The molecule has 3 aromatic rings. The van der Waals surface area contributed by atoms with Crippen LogP contribution in [0.25, 0.3) is 11.0 Å². The second kappa shape index (κ2) is 5.60. The molecule has 2 heterocycles. The summed E-state index contributed by atoms with van der Waals surface area (Å²) >= 11 is 0. The zero-order valence-electron chi connectivity index (χ0n) is 12.5. The molecule has 0 fully saturated rings. The average molecular weight is 283 g/mol. The van der Waals surface area contributed by atoms with Crippen molar-refractivity contribution in [2.45, 2.75) is 39.3 Å². The largest absolute Gasteiger partial charge is 0.399 e. The van der Waals surface area contributed by atoms with Crippen LogP contribution in [-0.4, -0.2) is 19.3 Å². The molecule has 1 unspecified atom stereocenters. The highest BCUT2D eigenvalue weighted by molar-refractivity contribution is 5.79. The van der Waals surface area contributed by atoms with Crippen LogP contribution in [0.1, 0.15) is 32.1 Å². The Morgan fingerprint density at radius 1 is 1.33 bits per heavy atom. The summed E-state index contributed by atoms with van der Waals surface area (Å²) in [5.41, 5.74) is 8.76. The molecule has 21 heavy (non-hydrogen) atoms. The molecule has 0 saturated carbocycles. The van der Waals surface area contributed by atoms with E-state index in [0.717, 1.165) is 41.9 Å². The zero-order valence-corrected chi connectivity index (χ0v) is 12.5. The van der Waals surface area contributed by atoms with E-state index in [1.807, 2.05) is 35.3 Å². The summed E-state index contributed by atoms with van der Waals surface area (Å²) in [6, 6.07) is 8.20. The third-order valence-corrected chi connectivity index (χ3v) is 3.71. The summed E-state index contributed by atoms with van der Waals surface area (Å²) in [5.74, 6) is 1.12. The lowest BCUT2D eigenvalue weighted by atomic mass is 10.2. The first-order valence-electron chi connectivity index (χ1n) is 7.42. The van der Waals surface area contributed by atoms with Gasteiger partial charge in [-0.25, -0.2) is 4.98 Å². The Hall–Kier alpha value is -2.30. The van der Waals surface area contributed by atoms with Gasteiger partial charge in [-0.05, 0) is 37.6 Å². The van der Waals surface area contributed by atoms with Crippen LogP contribution in [0.5, 0.6) is 0 Å². The number of fused-ring (bicyclic) bond motifs is 1. The smallest absolute Gasteiger partial charge is 0.110 e. The van der Waals surface area contributed by atoms with Gasteiger partial charge < -0.3 is 10.3 Å². The van der Waals surface area contributed by atoms with Crippen molar-refractivity contribution in [1.29, 1.82) is 0 Å². The Morgan fingerprint density at radius 2 is 2.19 bits per heavy atom. The summed E-state index contributed by atoms with van der Waals surface area (Å²) in [6.45, 7) is 5.22. The molecule has 0 spiro atoms. The molecule has 5 heteroatoms. The molecule has 5 nitrogen and oxygen atoms in total. The van der Waals surface area contributed by atoms with E-state index in [1.54, 1.807) is 0 Å². The molecule has 0 radical (unpaired) electrons. The number of hydrogen-bond acceptors (Lipinski definition) is 3. The normalized spacial score (nSPS) is 12.9. The predicted octanol–water partition coefficient (Wildman–Crippen LogP) is 3.03. The van der Waals surface area contributed by atoms with E-state index in [9.17, 15) is 0 Å². The van der Waals surface area contributed by atoms with Gasteiger partial charge in [0.2, 0.25) is 0 Å². The van der Waals surface area contributed by atoms with Crippen LogP contribution < -0.4 is 5.73 Å². The minimum atomic E-state index is 0.292. The van der Waals surface area contributed by atoms with E-state index in [2.05, 4.69) is 29.6 Å². The molecule has 2 N–H and O–H groups in total. The standard InChI is InChI=1S/C16H21N5/c1-3-5-16-19-14-10-13(17)6-7-15(14)21(16)12(2)11-20-9-4-8-18-20/h4,6-10,12H,3,5,11,17H2,1-2H3. The molecular formula is C16H21N5. The van der Waals surface area contributed by atoms with Gasteiger partial charge in [-0.2, -0.15) is 5.10 Å². The molecule has 110 valence electrons. The number of anilines is 1. The number of aromatic nitrogens is 4. The Morgan fingerprint density at radius 3 is 2.90 bits per heavy atom. The van der Waals surface area contributed by atoms with E-state index in [0.29, 0.717) is 6.04 Å². The quantitative estimate of drug-likeness (QED) is 0.732. The van der Waals surface area contributed by atoms with Crippen molar-refractivity contribution >= 4 is 16.7 Å². The van der Waals surface area contributed by atoms with E-state index < -0.39 is 0 Å². The van der Waals surface area contributed by atoms with Crippen LogP contribution in [0, 0.1) is 0 Å². The van der Waals surface area contributed by atoms with Gasteiger partial charge in [0.25, 0.3) is 0 Å². The first-order chi connectivity index (χ1) is 10.2. The highest BCUT2D eigenvalue weighted by Crippen LogP contribution is 2.24.